The third-order valence-corrected chi connectivity index (χ3v) is 5.75. The Bertz CT molecular complexity index is 689. The average Bonchev–Trinajstić information content (AvgIpc) is 3.09. The molecule has 160 valence electrons. The molecule has 3 rings (SSSR count). The number of rotatable bonds is 8. The van der Waals surface area contributed by atoms with Crippen molar-refractivity contribution in [1.82, 2.24) is 30.5 Å². The van der Waals surface area contributed by atoms with Gasteiger partial charge in [0.2, 0.25) is 5.95 Å². The summed E-state index contributed by atoms with van der Waals surface area (Å²) in [6.45, 7) is 19.3. The van der Waals surface area contributed by atoms with Crippen LogP contribution in [0.1, 0.15) is 58.7 Å². The Morgan fingerprint density at radius 1 is 1.14 bits per heavy atom. The normalized spacial score (nSPS) is 26.4. The largest absolute Gasteiger partial charge is 0.351 e. The van der Waals surface area contributed by atoms with E-state index < -0.39 is 0 Å². The highest BCUT2D eigenvalue weighted by atomic mass is 15.3. The van der Waals surface area contributed by atoms with Crippen molar-refractivity contribution in [3.05, 3.63) is 37.5 Å². The molecule has 0 amide bonds. The van der Waals surface area contributed by atoms with Gasteiger partial charge in [0.15, 0.2) is 0 Å². The summed E-state index contributed by atoms with van der Waals surface area (Å²) in [5.74, 6) is 1.83. The quantitative estimate of drug-likeness (QED) is 0.580. The summed E-state index contributed by atoms with van der Waals surface area (Å²) >= 11 is 0. The van der Waals surface area contributed by atoms with Gasteiger partial charge in [-0.3, -0.25) is 4.90 Å². The first-order valence-corrected chi connectivity index (χ1v) is 10.7. The number of piperidine rings is 1. The first kappa shape index (κ1) is 21.9. The van der Waals surface area contributed by atoms with Crippen LogP contribution in [0.4, 0.5) is 5.95 Å². The molecule has 2 aliphatic heterocycles. The maximum absolute atomic E-state index is 4.78. The summed E-state index contributed by atoms with van der Waals surface area (Å²) in [5.41, 5.74) is 0.162. The predicted octanol–water partition coefficient (Wildman–Crippen LogP) is 2.67. The van der Waals surface area contributed by atoms with Crippen LogP contribution in [0.5, 0.6) is 0 Å². The van der Waals surface area contributed by atoms with E-state index in [1.165, 1.54) is 0 Å². The third kappa shape index (κ3) is 5.84. The Hall–Kier alpha value is -1.83. The van der Waals surface area contributed by atoms with E-state index in [-0.39, 0.29) is 23.2 Å². The predicted molar refractivity (Wildman–Crippen MR) is 119 cm³/mol. The minimum atomic E-state index is 0.0810. The van der Waals surface area contributed by atoms with E-state index in [2.05, 4.69) is 71.7 Å². The van der Waals surface area contributed by atoms with E-state index >= 15 is 0 Å². The zero-order valence-electron chi connectivity index (χ0n) is 18.4. The van der Waals surface area contributed by atoms with E-state index in [9.17, 15) is 0 Å². The fourth-order valence-electron chi connectivity index (χ4n) is 5.03. The Balaban J connectivity index is 1.65. The van der Waals surface area contributed by atoms with Crippen molar-refractivity contribution in [3.8, 4) is 0 Å². The first-order valence-electron chi connectivity index (χ1n) is 10.7. The van der Waals surface area contributed by atoms with Crippen molar-refractivity contribution in [2.45, 2.75) is 76.2 Å². The molecule has 7 heteroatoms. The van der Waals surface area contributed by atoms with Gasteiger partial charge in [0.05, 0.1) is 6.17 Å². The van der Waals surface area contributed by atoms with Crippen LogP contribution in [0.25, 0.3) is 0 Å². The maximum atomic E-state index is 4.78. The zero-order chi connectivity index (χ0) is 21.1. The molecule has 0 aromatic carbocycles. The fourth-order valence-corrected chi connectivity index (χ4v) is 5.03. The summed E-state index contributed by atoms with van der Waals surface area (Å²) in [6, 6.07) is 0.335. The van der Waals surface area contributed by atoms with Crippen molar-refractivity contribution >= 4 is 5.95 Å². The minimum absolute atomic E-state index is 0.0810. The highest BCUT2D eigenvalue weighted by molar-refractivity contribution is 5.27. The molecular weight excluding hydrogens is 362 g/mol. The lowest BCUT2D eigenvalue weighted by atomic mass is 9.80. The van der Waals surface area contributed by atoms with Crippen molar-refractivity contribution < 1.29 is 0 Å². The molecule has 2 atom stereocenters. The molecule has 1 aromatic rings. The Morgan fingerprint density at radius 3 is 2.41 bits per heavy atom. The molecule has 0 radical (unpaired) electrons. The molecule has 3 heterocycles. The SMILES string of the molecule is C=CCN(CC=C)C1CC(c2ncnc(NC3CC(C)(C)NC(C)(C)C3)n2)CN1. The lowest BCUT2D eigenvalue weighted by molar-refractivity contribution is 0.170. The van der Waals surface area contributed by atoms with E-state index in [0.717, 1.165) is 44.7 Å². The van der Waals surface area contributed by atoms with Crippen LogP contribution in [0.3, 0.4) is 0 Å². The maximum Gasteiger partial charge on any atom is 0.226 e. The molecule has 0 spiro atoms. The Kier molecular flexibility index (Phi) is 6.71. The van der Waals surface area contributed by atoms with Crippen molar-refractivity contribution in [3.63, 3.8) is 0 Å². The standard InChI is InChI=1S/C22H37N7/c1-7-9-29(10-8-2)18-11-16(14-23-18)19-24-15-25-20(27-19)26-17-12-21(3,4)28-22(5,6)13-17/h7-8,15-18,23,28H,1-2,9-14H2,3-6H3,(H,24,25,26,27). The number of aromatic nitrogens is 3. The van der Waals surface area contributed by atoms with E-state index in [1.54, 1.807) is 6.33 Å². The highest BCUT2D eigenvalue weighted by Crippen LogP contribution is 2.30. The van der Waals surface area contributed by atoms with Gasteiger partial charge in [-0.25, -0.2) is 9.97 Å². The van der Waals surface area contributed by atoms with Crippen LogP contribution in [0, 0.1) is 0 Å². The van der Waals surface area contributed by atoms with Crippen LogP contribution >= 0.6 is 0 Å². The number of nitrogens with one attached hydrogen (secondary N) is 3. The molecule has 0 bridgehead atoms. The first-order chi connectivity index (χ1) is 13.7. The lowest BCUT2D eigenvalue weighted by Gasteiger charge is -2.46. The van der Waals surface area contributed by atoms with Crippen LogP contribution in [0.2, 0.25) is 0 Å². The molecule has 0 saturated carbocycles. The van der Waals surface area contributed by atoms with E-state index in [4.69, 9.17) is 4.98 Å². The summed E-state index contributed by atoms with van der Waals surface area (Å²) in [4.78, 5) is 16.0. The van der Waals surface area contributed by atoms with Gasteiger partial charge in [-0.1, -0.05) is 12.2 Å². The second-order valence-electron chi connectivity index (χ2n) is 9.70. The number of hydrogen-bond donors (Lipinski definition) is 3. The minimum Gasteiger partial charge on any atom is -0.351 e. The van der Waals surface area contributed by atoms with Gasteiger partial charge >= 0.3 is 0 Å². The summed E-state index contributed by atoms with van der Waals surface area (Å²) in [7, 11) is 0. The molecule has 29 heavy (non-hydrogen) atoms. The van der Waals surface area contributed by atoms with E-state index in [0.29, 0.717) is 12.0 Å². The third-order valence-electron chi connectivity index (χ3n) is 5.75. The smallest absolute Gasteiger partial charge is 0.226 e. The van der Waals surface area contributed by atoms with Gasteiger partial charge in [-0.2, -0.15) is 4.98 Å². The van der Waals surface area contributed by atoms with Crippen molar-refractivity contribution in [2.75, 3.05) is 25.0 Å². The van der Waals surface area contributed by atoms with Crippen LogP contribution < -0.4 is 16.0 Å². The molecular formula is C22H37N7. The number of hydrogen-bond acceptors (Lipinski definition) is 7. The van der Waals surface area contributed by atoms with Crippen LogP contribution in [-0.4, -0.2) is 62.8 Å². The number of anilines is 1. The van der Waals surface area contributed by atoms with Crippen molar-refractivity contribution in [1.29, 1.82) is 0 Å². The van der Waals surface area contributed by atoms with Gasteiger partial charge in [-0.05, 0) is 47.0 Å². The van der Waals surface area contributed by atoms with Gasteiger partial charge in [0.25, 0.3) is 0 Å². The van der Waals surface area contributed by atoms with Gasteiger partial charge in [0.1, 0.15) is 12.2 Å². The number of nitrogens with zero attached hydrogens (tertiary/aromatic N) is 4. The van der Waals surface area contributed by atoms with Crippen LogP contribution in [-0.2, 0) is 0 Å². The van der Waals surface area contributed by atoms with Crippen LogP contribution in [0.15, 0.2) is 31.6 Å². The topological polar surface area (TPSA) is 78.0 Å². The van der Waals surface area contributed by atoms with Gasteiger partial charge < -0.3 is 16.0 Å². The van der Waals surface area contributed by atoms with Crippen molar-refractivity contribution in [2.24, 2.45) is 0 Å². The molecule has 2 fully saturated rings. The van der Waals surface area contributed by atoms with Gasteiger partial charge in [0, 0.05) is 42.7 Å². The highest BCUT2D eigenvalue weighted by Gasteiger charge is 2.38. The molecule has 2 aliphatic rings. The molecule has 0 aliphatic carbocycles. The summed E-state index contributed by atoms with van der Waals surface area (Å²) in [5, 5.41) is 10.9. The molecule has 2 unspecified atom stereocenters. The average molecular weight is 400 g/mol. The molecule has 3 N–H and O–H groups in total. The summed E-state index contributed by atoms with van der Waals surface area (Å²) < 4.78 is 0. The van der Waals surface area contributed by atoms with Gasteiger partial charge in [-0.15, -0.1) is 13.2 Å². The lowest BCUT2D eigenvalue weighted by Crippen LogP contribution is -2.60. The summed E-state index contributed by atoms with van der Waals surface area (Å²) in [6.07, 6.45) is 8.83. The fraction of sp³-hybridized carbons (Fsp3) is 0.682. The van der Waals surface area contributed by atoms with E-state index in [1.807, 2.05) is 12.2 Å². The second kappa shape index (κ2) is 8.90. The second-order valence-corrected chi connectivity index (χ2v) is 9.70. The monoisotopic (exact) mass is 399 g/mol. The molecule has 1 aromatic heterocycles. The zero-order valence-corrected chi connectivity index (χ0v) is 18.4. The Labute approximate surface area is 175 Å². The molecule has 2 saturated heterocycles. The molecule has 7 nitrogen and oxygen atoms in total. The Morgan fingerprint density at radius 2 is 1.79 bits per heavy atom.